The third-order valence-corrected chi connectivity index (χ3v) is 7.76. The zero-order valence-electron chi connectivity index (χ0n) is 21.9. The van der Waals surface area contributed by atoms with Gasteiger partial charge in [0.05, 0.1) is 12.4 Å². The molecular formula is C31H31N3O3S. The third-order valence-electron chi connectivity index (χ3n) is 6.49. The summed E-state index contributed by atoms with van der Waals surface area (Å²) in [6.07, 6.45) is 3.81. The van der Waals surface area contributed by atoms with E-state index in [0.29, 0.717) is 28.6 Å². The van der Waals surface area contributed by atoms with Gasteiger partial charge in [-0.25, -0.2) is 0 Å². The second kappa shape index (κ2) is 12.5. The van der Waals surface area contributed by atoms with E-state index in [1.165, 1.54) is 22.2 Å². The van der Waals surface area contributed by atoms with E-state index in [2.05, 4.69) is 42.6 Å². The summed E-state index contributed by atoms with van der Waals surface area (Å²) in [4.78, 5) is 28.5. The van der Waals surface area contributed by atoms with Crippen LogP contribution in [0.5, 0.6) is 5.75 Å². The quantitative estimate of drug-likeness (QED) is 0.258. The average molecular weight is 526 g/mol. The maximum absolute atomic E-state index is 13.7. The minimum absolute atomic E-state index is 0.0974. The van der Waals surface area contributed by atoms with Crippen LogP contribution in [0, 0.1) is 18.3 Å². The van der Waals surface area contributed by atoms with Crippen molar-refractivity contribution in [2.45, 2.75) is 44.8 Å². The van der Waals surface area contributed by atoms with Gasteiger partial charge in [-0.1, -0.05) is 67.6 Å². The van der Waals surface area contributed by atoms with Gasteiger partial charge in [-0.3, -0.25) is 14.5 Å². The fraction of sp³-hybridized carbons (Fsp3) is 0.258. The van der Waals surface area contributed by atoms with Crippen LogP contribution in [0.15, 0.2) is 83.4 Å². The SMILES string of the molecule is CCCCc1ccc(CC2S/C(=C(/C#N)C(=O)Nc3ccccc3C)N(c3ccc(OC)cc3)C2=O)cc1. The number of amides is 2. The molecule has 3 aromatic rings. The standard InChI is InChI=1S/C31H31N3O3S/c1-4-5-9-22-11-13-23(14-12-22)19-28-30(36)34(24-15-17-25(37-3)18-16-24)31(38-28)26(20-32)29(35)33-27-10-7-6-8-21(27)2/h6-8,10-18,28H,4-5,9,19H2,1-3H3,(H,33,35)/b31-26-. The molecule has 4 rings (SSSR count). The van der Waals surface area contributed by atoms with Gasteiger partial charge in [0.1, 0.15) is 22.4 Å². The normalized spacial score (nSPS) is 16.2. The molecule has 6 nitrogen and oxygen atoms in total. The molecule has 194 valence electrons. The number of para-hydroxylation sites is 1. The molecule has 3 aromatic carbocycles. The number of benzene rings is 3. The Hall–Kier alpha value is -4.02. The number of rotatable bonds is 9. The van der Waals surface area contributed by atoms with Crippen molar-refractivity contribution in [3.63, 3.8) is 0 Å². The van der Waals surface area contributed by atoms with Gasteiger partial charge in [-0.15, -0.1) is 0 Å². The predicted molar refractivity (Wildman–Crippen MR) is 153 cm³/mol. The topological polar surface area (TPSA) is 82.4 Å². The van der Waals surface area contributed by atoms with E-state index in [4.69, 9.17) is 4.74 Å². The lowest BCUT2D eigenvalue weighted by Crippen LogP contribution is -2.31. The highest BCUT2D eigenvalue weighted by molar-refractivity contribution is 8.05. The number of hydrogen-bond donors (Lipinski definition) is 1. The molecule has 1 saturated heterocycles. The summed E-state index contributed by atoms with van der Waals surface area (Å²) in [7, 11) is 1.57. The molecule has 1 aliphatic rings. The Bertz CT molecular complexity index is 1370. The van der Waals surface area contributed by atoms with Gasteiger partial charge in [0.15, 0.2) is 0 Å². The van der Waals surface area contributed by atoms with Crippen molar-refractivity contribution in [3.8, 4) is 11.8 Å². The van der Waals surface area contributed by atoms with Crippen LogP contribution in [0.4, 0.5) is 11.4 Å². The fourth-order valence-electron chi connectivity index (χ4n) is 4.29. The highest BCUT2D eigenvalue weighted by atomic mass is 32.2. The molecule has 1 fully saturated rings. The second-order valence-corrected chi connectivity index (χ2v) is 10.4. The number of carbonyl (C=O) groups is 2. The Balaban J connectivity index is 1.67. The van der Waals surface area contributed by atoms with Gasteiger partial charge >= 0.3 is 0 Å². The smallest absolute Gasteiger partial charge is 0.269 e. The number of carbonyl (C=O) groups excluding carboxylic acids is 2. The van der Waals surface area contributed by atoms with Gasteiger partial charge in [0.25, 0.3) is 5.91 Å². The van der Waals surface area contributed by atoms with Crippen molar-refractivity contribution in [1.82, 2.24) is 0 Å². The molecule has 38 heavy (non-hydrogen) atoms. The maximum atomic E-state index is 13.7. The lowest BCUT2D eigenvalue weighted by atomic mass is 10.0. The number of unbranched alkanes of at least 4 members (excludes halogenated alkanes) is 1. The lowest BCUT2D eigenvalue weighted by molar-refractivity contribution is -0.117. The van der Waals surface area contributed by atoms with Crippen molar-refractivity contribution in [2.24, 2.45) is 0 Å². The molecular weight excluding hydrogens is 494 g/mol. The Kier molecular flexibility index (Phi) is 8.88. The number of anilines is 2. The van der Waals surface area contributed by atoms with Crippen LogP contribution < -0.4 is 15.0 Å². The zero-order chi connectivity index (χ0) is 27.1. The molecule has 0 bridgehead atoms. The number of thioether (sulfide) groups is 1. The number of nitrogens with zero attached hydrogens (tertiary/aromatic N) is 2. The van der Waals surface area contributed by atoms with E-state index in [1.54, 1.807) is 37.4 Å². The van der Waals surface area contributed by atoms with Gasteiger partial charge in [0.2, 0.25) is 5.91 Å². The average Bonchev–Trinajstić information content (AvgIpc) is 3.25. The lowest BCUT2D eigenvalue weighted by Gasteiger charge is -2.19. The van der Waals surface area contributed by atoms with Crippen molar-refractivity contribution in [2.75, 3.05) is 17.3 Å². The summed E-state index contributed by atoms with van der Waals surface area (Å²) in [6, 6.07) is 24.8. The number of ether oxygens (including phenoxy) is 1. The molecule has 2 amide bonds. The monoisotopic (exact) mass is 525 g/mol. The Morgan fingerprint density at radius 1 is 1.05 bits per heavy atom. The number of hydrogen-bond acceptors (Lipinski definition) is 5. The first-order chi connectivity index (χ1) is 18.4. The minimum atomic E-state index is -0.545. The predicted octanol–water partition coefficient (Wildman–Crippen LogP) is 6.41. The molecule has 1 heterocycles. The largest absolute Gasteiger partial charge is 0.497 e. The van der Waals surface area contributed by atoms with Crippen molar-refractivity contribution in [1.29, 1.82) is 5.26 Å². The summed E-state index contributed by atoms with van der Waals surface area (Å²) in [5.41, 5.74) is 4.30. The van der Waals surface area contributed by atoms with E-state index in [0.717, 1.165) is 30.4 Å². The molecule has 0 aliphatic carbocycles. The molecule has 7 heteroatoms. The molecule has 1 N–H and O–H groups in total. The van der Waals surface area contributed by atoms with Gasteiger partial charge in [-0.05, 0) is 73.2 Å². The van der Waals surface area contributed by atoms with Gasteiger partial charge in [0, 0.05) is 11.4 Å². The van der Waals surface area contributed by atoms with E-state index < -0.39 is 11.2 Å². The van der Waals surface area contributed by atoms with Gasteiger partial charge in [-0.2, -0.15) is 5.26 Å². The summed E-state index contributed by atoms with van der Waals surface area (Å²) in [5.74, 6) is -0.0608. The van der Waals surface area contributed by atoms with Crippen LogP contribution in [-0.2, 0) is 22.4 Å². The van der Waals surface area contributed by atoms with E-state index in [9.17, 15) is 14.9 Å². The highest BCUT2D eigenvalue weighted by Crippen LogP contribution is 2.42. The van der Waals surface area contributed by atoms with Crippen molar-refractivity contribution >= 4 is 35.0 Å². The van der Waals surface area contributed by atoms with E-state index in [-0.39, 0.29) is 11.5 Å². The molecule has 1 unspecified atom stereocenters. The van der Waals surface area contributed by atoms with Crippen LogP contribution in [0.3, 0.4) is 0 Å². The van der Waals surface area contributed by atoms with Crippen LogP contribution in [0.25, 0.3) is 0 Å². The van der Waals surface area contributed by atoms with E-state index in [1.807, 2.05) is 25.1 Å². The Morgan fingerprint density at radius 2 is 1.74 bits per heavy atom. The van der Waals surface area contributed by atoms with Crippen LogP contribution in [0.1, 0.15) is 36.5 Å². The molecule has 0 spiro atoms. The molecule has 1 atom stereocenters. The third kappa shape index (κ3) is 6.09. The number of nitrogens with one attached hydrogen (secondary N) is 1. The first-order valence-electron chi connectivity index (χ1n) is 12.7. The molecule has 0 saturated carbocycles. The highest BCUT2D eigenvalue weighted by Gasteiger charge is 2.40. The van der Waals surface area contributed by atoms with Crippen molar-refractivity contribution < 1.29 is 14.3 Å². The van der Waals surface area contributed by atoms with E-state index >= 15 is 0 Å². The van der Waals surface area contributed by atoms with Crippen LogP contribution in [0.2, 0.25) is 0 Å². The number of aryl methyl sites for hydroxylation is 2. The molecule has 0 radical (unpaired) electrons. The first-order valence-corrected chi connectivity index (χ1v) is 13.6. The Morgan fingerprint density at radius 3 is 2.37 bits per heavy atom. The molecule has 0 aromatic heterocycles. The van der Waals surface area contributed by atoms with Crippen molar-refractivity contribution in [3.05, 3.63) is 100 Å². The summed E-state index contributed by atoms with van der Waals surface area (Å²) in [6.45, 7) is 4.06. The summed E-state index contributed by atoms with van der Waals surface area (Å²) >= 11 is 1.26. The van der Waals surface area contributed by atoms with Crippen LogP contribution in [-0.4, -0.2) is 24.2 Å². The van der Waals surface area contributed by atoms with Crippen LogP contribution >= 0.6 is 11.8 Å². The fourth-order valence-corrected chi connectivity index (χ4v) is 5.60. The second-order valence-electron chi connectivity index (χ2n) is 9.16. The Labute approximate surface area is 228 Å². The molecule has 1 aliphatic heterocycles. The first kappa shape index (κ1) is 27.0. The minimum Gasteiger partial charge on any atom is -0.497 e. The number of methoxy groups -OCH3 is 1. The summed E-state index contributed by atoms with van der Waals surface area (Å²) in [5, 5.41) is 12.8. The zero-order valence-corrected chi connectivity index (χ0v) is 22.7. The number of nitriles is 1. The van der Waals surface area contributed by atoms with Gasteiger partial charge < -0.3 is 10.1 Å². The maximum Gasteiger partial charge on any atom is 0.269 e. The summed E-state index contributed by atoms with van der Waals surface area (Å²) < 4.78 is 5.27.